The zero-order valence-electron chi connectivity index (χ0n) is 10.9. The summed E-state index contributed by atoms with van der Waals surface area (Å²) in [5.74, 6) is 1.76. The number of rotatable bonds is 4. The Balaban J connectivity index is 2.06. The second-order valence-electron chi connectivity index (χ2n) is 4.65. The normalized spacial score (nSPS) is 23.2. The number of hydrogen-bond donors (Lipinski definition) is 2. The van der Waals surface area contributed by atoms with E-state index in [0.717, 1.165) is 18.4 Å². The van der Waals surface area contributed by atoms with Crippen LogP contribution in [0.3, 0.4) is 0 Å². The molecule has 4 heteroatoms. The summed E-state index contributed by atoms with van der Waals surface area (Å²) in [4.78, 5) is 6.67. The van der Waals surface area contributed by atoms with E-state index in [1.54, 1.807) is 7.05 Å². The first-order chi connectivity index (χ1) is 7.76. The second kappa shape index (κ2) is 7.49. The number of hydrogen-bond acceptors (Lipinski definition) is 2. The Morgan fingerprint density at radius 2 is 2.31 bits per heavy atom. The zero-order chi connectivity index (χ0) is 11.8. The molecule has 2 N–H and O–H groups in total. The van der Waals surface area contributed by atoms with Crippen LogP contribution in [0.5, 0.6) is 0 Å². The third-order valence-corrected chi connectivity index (χ3v) is 3.15. The Morgan fingerprint density at radius 3 is 2.94 bits per heavy atom. The van der Waals surface area contributed by atoms with E-state index in [-0.39, 0.29) is 0 Å². The fourth-order valence-electron chi connectivity index (χ4n) is 2.28. The van der Waals surface area contributed by atoms with Crippen molar-refractivity contribution in [2.75, 3.05) is 40.3 Å². The van der Waals surface area contributed by atoms with Gasteiger partial charge in [-0.3, -0.25) is 4.99 Å². The Labute approximate surface area is 99.5 Å². The molecule has 16 heavy (non-hydrogen) atoms. The van der Waals surface area contributed by atoms with Crippen LogP contribution in [0.2, 0.25) is 0 Å². The highest BCUT2D eigenvalue weighted by molar-refractivity contribution is 5.79. The average molecular weight is 226 g/mol. The van der Waals surface area contributed by atoms with E-state index in [2.05, 4.69) is 27.4 Å². The fraction of sp³-hybridized carbons (Fsp3) is 0.917. The van der Waals surface area contributed by atoms with Gasteiger partial charge in [-0.1, -0.05) is 6.92 Å². The molecule has 4 nitrogen and oxygen atoms in total. The lowest BCUT2D eigenvalue weighted by Gasteiger charge is -2.30. The number of piperidine rings is 1. The fourth-order valence-corrected chi connectivity index (χ4v) is 2.28. The highest BCUT2D eigenvalue weighted by Crippen LogP contribution is 2.14. The van der Waals surface area contributed by atoms with Gasteiger partial charge >= 0.3 is 0 Å². The minimum atomic E-state index is 0.881. The molecule has 0 aromatic heterocycles. The molecule has 1 aliphatic heterocycles. The SMILES string of the molecule is CN=C(NC)NCCCN1CCC[C@@H](C)C1. The molecule has 0 amide bonds. The zero-order valence-corrected chi connectivity index (χ0v) is 10.9. The maximum absolute atomic E-state index is 4.08. The van der Waals surface area contributed by atoms with Crippen LogP contribution in [0.4, 0.5) is 0 Å². The summed E-state index contributed by atoms with van der Waals surface area (Å²) in [5, 5.41) is 6.30. The first-order valence-corrected chi connectivity index (χ1v) is 6.37. The van der Waals surface area contributed by atoms with Gasteiger partial charge in [0, 0.05) is 27.2 Å². The molecule has 1 aliphatic rings. The monoisotopic (exact) mass is 226 g/mol. The van der Waals surface area contributed by atoms with Crippen molar-refractivity contribution in [3.63, 3.8) is 0 Å². The summed E-state index contributed by atoms with van der Waals surface area (Å²) >= 11 is 0. The molecule has 0 bridgehead atoms. The molecule has 1 rings (SSSR count). The quantitative estimate of drug-likeness (QED) is 0.425. The molecule has 0 unspecified atom stereocenters. The van der Waals surface area contributed by atoms with Crippen molar-refractivity contribution < 1.29 is 0 Å². The molecule has 1 saturated heterocycles. The van der Waals surface area contributed by atoms with Gasteiger partial charge in [-0.2, -0.15) is 0 Å². The molecule has 1 heterocycles. The maximum atomic E-state index is 4.08. The van der Waals surface area contributed by atoms with E-state index in [1.165, 1.54) is 38.9 Å². The predicted octanol–water partition coefficient (Wildman–Crippen LogP) is 0.903. The highest BCUT2D eigenvalue weighted by Gasteiger charge is 2.15. The number of aliphatic imine (C=N–C) groups is 1. The van der Waals surface area contributed by atoms with E-state index in [0.29, 0.717) is 0 Å². The molecule has 1 fully saturated rings. The minimum absolute atomic E-state index is 0.881. The van der Waals surface area contributed by atoms with E-state index < -0.39 is 0 Å². The van der Waals surface area contributed by atoms with E-state index in [4.69, 9.17) is 0 Å². The molecule has 1 atom stereocenters. The van der Waals surface area contributed by atoms with E-state index in [1.807, 2.05) is 7.05 Å². The lowest BCUT2D eigenvalue weighted by Crippen LogP contribution is -2.38. The summed E-state index contributed by atoms with van der Waals surface area (Å²) < 4.78 is 0. The van der Waals surface area contributed by atoms with Crippen molar-refractivity contribution in [3.05, 3.63) is 0 Å². The lowest BCUT2D eigenvalue weighted by molar-refractivity contribution is 0.182. The molecular weight excluding hydrogens is 200 g/mol. The Kier molecular flexibility index (Phi) is 6.23. The first-order valence-electron chi connectivity index (χ1n) is 6.37. The van der Waals surface area contributed by atoms with Crippen LogP contribution in [0.1, 0.15) is 26.2 Å². The minimum Gasteiger partial charge on any atom is -0.359 e. The summed E-state index contributed by atoms with van der Waals surface area (Å²) in [6, 6.07) is 0. The van der Waals surface area contributed by atoms with Crippen molar-refractivity contribution in [1.82, 2.24) is 15.5 Å². The van der Waals surface area contributed by atoms with Crippen molar-refractivity contribution in [3.8, 4) is 0 Å². The van der Waals surface area contributed by atoms with Crippen molar-refractivity contribution in [2.24, 2.45) is 10.9 Å². The molecule has 0 aromatic carbocycles. The van der Waals surface area contributed by atoms with Crippen molar-refractivity contribution in [2.45, 2.75) is 26.2 Å². The van der Waals surface area contributed by atoms with Crippen LogP contribution in [-0.4, -0.2) is 51.1 Å². The van der Waals surface area contributed by atoms with Gasteiger partial charge in [0.15, 0.2) is 5.96 Å². The summed E-state index contributed by atoms with van der Waals surface area (Å²) in [7, 11) is 3.69. The smallest absolute Gasteiger partial charge is 0.190 e. The second-order valence-corrected chi connectivity index (χ2v) is 4.65. The number of nitrogens with zero attached hydrogens (tertiary/aromatic N) is 2. The van der Waals surface area contributed by atoms with Crippen LogP contribution in [0.15, 0.2) is 4.99 Å². The molecule has 0 aliphatic carbocycles. The molecule has 0 saturated carbocycles. The highest BCUT2D eigenvalue weighted by atomic mass is 15.2. The number of nitrogens with one attached hydrogen (secondary N) is 2. The van der Waals surface area contributed by atoms with Crippen molar-refractivity contribution in [1.29, 1.82) is 0 Å². The Morgan fingerprint density at radius 1 is 1.50 bits per heavy atom. The molecule has 0 aromatic rings. The third kappa shape index (κ3) is 4.84. The maximum Gasteiger partial charge on any atom is 0.190 e. The van der Waals surface area contributed by atoms with Crippen LogP contribution in [0.25, 0.3) is 0 Å². The van der Waals surface area contributed by atoms with Gasteiger partial charge in [-0.15, -0.1) is 0 Å². The van der Waals surface area contributed by atoms with E-state index in [9.17, 15) is 0 Å². The first kappa shape index (κ1) is 13.3. The largest absolute Gasteiger partial charge is 0.359 e. The Bertz CT molecular complexity index is 215. The predicted molar refractivity (Wildman–Crippen MR) is 69.9 cm³/mol. The molecule has 0 spiro atoms. The standard InChI is InChI=1S/C12H26N4/c1-11-6-4-8-16(10-11)9-5-7-15-12(13-2)14-3/h11H,4-10H2,1-3H3,(H2,13,14,15)/t11-/m1/s1. The molecule has 94 valence electrons. The van der Waals surface area contributed by atoms with Gasteiger partial charge in [0.1, 0.15) is 0 Å². The topological polar surface area (TPSA) is 39.7 Å². The van der Waals surface area contributed by atoms with Gasteiger partial charge in [-0.05, 0) is 38.3 Å². The van der Waals surface area contributed by atoms with Crippen LogP contribution < -0.4 is 10.6 Å². The number of likely N-dealkylation sites (tertiary alicyclic amines) is 1. The van der Waals surface area contributed by atoms with Crippen LogP contribution >= 0.6 is 0 Å². The van der Waals surface area contributed by atoms with Crippen LogP contribution in [0, 0.1) is 5.92 Å². The van der Waals surface area contributed by atoms with E-state index >= 15 is 0 Å². The van der Waals surface area contributed by atoms with Gasteiger partial charge in [0.2, 0.25) is 0 Å². The average Bonchev–Trinajstić information content (AvgIpc) is 2.29. The summed E-state index contributed by atoms with van der Waals surface area (Å²) in [6.45, 7) is 7.12. The molecule has 0 radical (unpaired) electrons. The van der Waals surface area contributed by atoms with Gasteiger partial charge < -0.3 is 15.5 Å². The van der Waals surface area contributed by atoms with Gasteiger partial charge in [-0.25, -0.2) is 0 Å². The molecular formula is C12H26N4. The third-order valence-electron chi connectivity index (χ3n) is 3.15. The van der Waals surface area contributed by atoms with Gasteiger partial charge in [0.05, 0.1) is 0 Å². The van der Waals surface area contributed by atoms with Gasteiger partial charge in [0.25, 0.3) is 0 Å². The summed E-state index contributed by atoms with van der Waals surface area (Å²) in [6.07, 6.45) is 3.96. The Hall–Kier alpha value is -0.770. The lowest BCUT2D eigenvalue weighted by atomic mass is 10.0. The summed E-state index contributed by atoms with van der Waals surface area (Å²) in [5.41, 5.74) is 0. The van der Waals surface area contributed by atoms with Crippen molar-refractivity contribution >= 4 is 5.96 Å². The number of guanidine groups is 1. The van der Waals surface area contributed by atoms with Crippen LogP contribution in [-0.2, 0) is 0 Å².